The molecule has 3 nitrogen and oxygen atoms in total. The Morgan fingerprint density at radius 2 is 1.16 bits per heavy atom. The zero-order chi connectivity index (χ0) is 17.1. The summed E-state index contributed by atoms with van der Waals surface area (Å²) in [5, 5.41) is 0. The van der Waals surface area contributed by atoms with Crippen molar-refractivity contribution in [3.05, 3.63) is 89.4 Å². The van der Waals surface area contributed by atoms with Gasteiger partial charge in [0.05, 0.1) is 0 Å². The SMILES string of the molecule is Brc1cc[c]c(-c2nc(-c3ccccc3)nc(-c3ccccc3)n2)c1. The molecule has 0 saturated carbocycles. The van der Waals surface area contributed by atoms with Gasteiger partial charge in [0, 0.05) is 21.2 Å². The van der Waals surface area contributed by atoms with E-state index in [1.807, 2.05) is 78.9 Å². The van der Waals surface area contributed by atoms with E-state index in [9.17, 15) is 0 Å². The van der Waals surface area contributed by atoms with Gasteiger partial charge in [-0.1, -0.05) is 82.7 Å². The fourth-order valence-corrected chi connectivity index (χ4v) is 2.86. The van der Waals surface area contributed by atoms with E-state index in [1.54, 1.807) is 0 Å². The van der Waals surface area contributed by atoms with Gasteiger partial charge in [0.2, 0.25) is 0 Å². The van der Waals surface area contributed by atoms with Crippen LogP contribution in [-0.2, 0) is 0 Å². The zero-order valence-corrected chi connectivity index (χ0v) is 14.8. The van der Waals surface area contributed by atoms with Gasteiger partial charge in [-0.25, -0.2) is 15.0 Å². The summed E-state index contributed by atoms with van der Waals surface area (Å²) in [5.74, 6) is 1.91. The second-order valence-electron chi connectivity index (χ2n) is 5.46. The Morgan fingerprint density at radius 1 is 0.640 bits per heavy atom. The standard InChI is InChI=1S/C21H13BrN3/c22-18-13-7-12-17(14-18)21-24-19(15-8-3-1-4-9-15)23-20(25-21)16-10-5-2-6-11-16/h1-11,13-14H. The lowest BCUT2D eigenvalue weighted by Gasteiger charge is -2.08. The van der Waals surface area contributed by atoms with Crippen molar-refractivity contribution in [2.45, 2.75) is 0 Å². The first kappa shape index (κ1) is 15.7. The molecule has 1 heterocycles. The van der Waals surface area contributed by atoms with Gasteiger partial charge in [-0.2, -0.15) is 0 Å². The highest BCUT2D eigenvalue weighted by Gasteiger charge is 2.12. The van der Waals surface area contributed by atoms with Crippen LogP contribution in [0.1, 0.15) is 0 Å². The van der Waals surface area contributed by atoms with Gasteiger partial charge in [0.15, 0.2) is 17.5 Å². The predicted octanol–water partition coefficient (Wildman–Crippen LogP) is 5.44. The highest BCUT2D eigenvalue weighted by Crippen LogP contribution is 2.25. The Labute approximate surface area is 154 Å². The lowest BCUT2D eigenvalue weighted by molar-refractivity contribution is 1.07. The molecule has 0 aliphatic carbocycles. The summed E-state index contributed by atoms with van der Waals surface area (Å²) in [6, 6.07) is 28.8. The van der Waals surface area contributed by atoms with Crippen LogP contribution in [0.4, 0.5) is 0 Å². The van der Waals surface area contributed by atoms with Crippen LogP contribution in [-0.4, -0.2) is 15.0 Å². The number of rotatable bonds is 3. The Balaban J connectivity index is 1.92. The molecule has 0 saturated heterocycles. The van der Waals surface area contributed by atoms with Crippen LogP contribution in [0.3, 0.4) is 0 Å². The van der Waals surface area contributed by atoms with Crippen molar-refractivity contribution >= 4 is 15.9 Å². The monoisotopic (exact) mass is 386 g/mol. The highest BCUT2D eigenvalue weighted by molar-refractivity contribution is 9.10. The van der Waals surface area contributed by atoms with Crippen molar-refractivity contribution < 1.29 is 0 Å². The number of hydrogen-bond donors (Lipinski definition) is 0. The third-order valence-corrected chi connectivity index (χ3v) is 4.20. The first-order chi connectivity index (χ1) is 12.3. The van der Waals surface area contributed by atoms with Crippen molar-refractivity contribution in [3.8, 4) is 34.2 Å². The number of halogens is 1. The lowest BCUT2D eigenvalue weighted by atomic mass is 10.1. The molecule has 0 amide bonds. The Kier molecular flexibility index (Phi) is 4.36. The van der Waals surface area contributed by atoms with Gasteiger partial charge in [-0.05, 0) is 18.2 Å². The molecule has 0 aliphatic rings. The molecule has 4 aromatic rings. The Morgan fingerprint density at radius 3 is 1.68 bits per heavy atom. The van der Waals surface area contributed by atoms with E-state index >= 15 is 0 Å². The van der Waals surface area contributed by atoms with E-state index in [1.165, 1.54) is 0 Å². The molecule has 3 aromatic carbocycles. The summed E-state index contributed by atoms with van der Waals surface area (Å²) < 4.78 is 0.962. The molecule has 4 rings (SSSR count). The van der Waals surface area contributed by atoms with Crippen molar-refractivity contribution in [1.29, 1.82) is 0 Å². The second-order valence-corrected chi connectivity index (χ2v) is 6.37. The van der Waals surface area contributed by atoms with Crippen LogP contribution in [0.5, 0.6) is 0 Å². The minimum absolute atomic E-state index is 0.606. The zero-order valence-electron chi connectivity index (χ0n) is 13.2. The average molecular weight is 387 g/mol. The van der Waals surface area contributed by atoms with Gasteiger partial charge in [0.25, 0.3) is 0 Å². The number of benzene rings is 3. The molecule has 0 spiro atoms. The minimum Gasteiger partial charge on any atom is -0.208 e. The van der Waals surface area contributed by atoms with E-state index in [0.29, 0.717) is 17.5 Å². The molecule has 4 heteroatoms. The molecule has 1 radical (unpaired) electrons. The van der Waals surface area contributed by atoms with Crippen molar-refractivity contribution in [1.82, 2.24) is 15.0 Å². The van der Waals surface area contributed by atoms with Crippen LogP contribution in [0.25, 0.3) is 34.2 Å². The van der Waals surface area contributed by atoms with Crippen molar-refractivity contribution in [2.24, 2.45) is 0 Å². The summed E-state index contributed by atoms with van der Waals surface area (Å²) in [7, 11) is 0. The lowest BCUT2D eigenvalue weighted by Crippen LogP contribution is -2.00. The summed E-state index contributed by atoms with van der Waals surface area (Å²) in [5.41, 5.74) is 2.74. The number of hydrogen-bond acceptors (Lipinski definition) is 3. The maximum absolute atomic E-state index is 4.67. The number of nitrogens with zero attached hydrogens (tertiary/aromatic N) is 3. The van der Waals surface area contributed by atoms with E-state index in [0.717, 1.165) is 21.2 Å². The van der Waals surface area contributed by atoms with E-state index in [2.05, 4.69) is 36.9 Å². The summed E-state index contributed by atoms with van der Waals surface area (Å²) in [6.45, 7) is 0. The molecule has 25 heavy (non-hydrogen) atoms. The van der Waals surface area contributed by atoms with Crippen molar-refractivity contribution in [3.63, 3.8) is 0 Å². The third kappa shape index (κ3) is 3.49. The predicted molar refractivity (Wildman–Crippen MR) is 103 cm³/mol. The molecular weight excluding hydrogens is 374 g/mol. The van der Waals surface area contributed by atoms with E-state index in [-0.39, 0.29) is 0 Å². The van der Waals surface area contributed by atoms with E-state index < -0.39 is 0 Å². The molecule has 0 aliphatic heterocycles. The fraction of sp³-hybridized carbons (Fsp3) is 0. The summed E-state index contributed by atoms with van der Waals surface area (Å²) >= 11 is 3.50. The Hall–Kier alpha value is -2.85. The molecule has 0 atom stereocenters. The molecule has 0 N–H and O–H groups in total. The quantitative estimate of drug-likeness (QED) is 0.470. The van der Waals surface area contributed by atoms with Crippen molar-refractivity contribution in [2.75, 3.05) is 0 Å². The maximum Gasteiger partial charge on any atom is 0.164 e. The van der Waals surface area contributed by atoms with Gasteiger partial charge in [-0.3, -0.25) is 0 Å². The molecule has 0 bridgehead atoms. The number of aromatic nitrogens is 3. The molecule has 119 valence electrons. The first-order valence-corrected chi connectivity index (χ1v) is 8.63. The fourth-order valence-electron chi connectivity index (χ4n) is 2.50. The largest absolute Gasteiger partial charge is 0.208 e. The van der Waals surface area contributed by atoms with Gasteiger partial charge >= 0.3 is 0 Å². The highest BCUT2D eigenvalue weighted by atomic mass is 79.9. The van der Waals surface area contributed by atoms with Crippen LogP contribution >= 0.6 is 15.9 Å². The molecule has 0 fully saturated rings. The summed E-state index contributed by atoms with van der Waals surface area (Å²) in [6.07, 6.45) is 0. The van der Waals surface area contributed by atoms with E-state index in [4.69, 9.17) is 0 Å². The molecule has 0 unspecified atom stereocenters. The normalized spacial score (nSPS) is 10.6. The molecule has 1 aromatic heterocycles. The summed E-state index contributed by atoms with van der Waals surface area (Å²) in [4.78, 5) is 14.0. The van der Waals surface area contributed by atoms with Gasteiger partial charge < -0.3 is 0 Å². The maximum atomic E-state index is 4.67. The van der Waals surface area contributed by atoms with Crippen LogP contribution in [0, 0.1) is 6.07 Å². The second kappa shape index (κ2) is 6.95. The topological polar surface area (TPSA) is 38.7 Å². The average Bonchev–Trinajstić information content (AvgIpc) is 2.69. The van der Waals surface area contributed by atoms with Crippen LogP contribution < -0.4 is 0 Å². The minimum atomic E-state index is 0.606. The Bertz CT molecular complexity index is 944. The van der Waals surface area contributed by atoms with Gasteiger partial charge in [-0.15, -0.1) is 0 Å². The van der Waals surface area contributed by atoms with Gasteiger partial charge in [0.1, 0.15) is 0 Å². The smallest absolute Gasteiger partial charge is 0.164 e. The van der Waals surface area contributed by atoms with Crippen LogP contribution in [0.15, 0.2) is 83.3 Å². The third-order valence-electron chi connectivity index (χ3n) is 3.70. The first-order valence-electron chi connectivity index (χ1n) is 7.84. The molecular formula is C21H13BrN3. The van der Waals surface area contributed by atoms with Crippen LogP contribution in [0.2, 0.25) is 0 Å².